The van der Waals surface area contributed by atoms with Crippen LogP contribution in [0.1, 0.15) is 31.2 Å². The number of nitrogens with zero attached hydrogens (tertiary/aromatic N) is 1. The number of carbonyl (C=O) groups is 2. The second-order valence-electron chi connectivity index (χ2n) is 8.05. The summed E-state index contributed by atoms with van der Waals surface area (Å²) in [6.07, 6.45) is 4.77. The summed E-state index contributed by atoms with van der Waals surface area (Å²) in [5.74, 6) is -0.0283. The van der Waals surface area contributed by atoms with Crippen LogP contribution in [-0.2, 0) is 9.59 Å². The Kier molecular flexibility index (Phi) is 8.28. The molecule has 0 radical (unpaired) electrons. The van der Waals surface area contributed by atoms with Crippen molar-refractivity contribution < 1.29 is 9.59 Å². The van der Waals surface area contributed by atoms with Gasteiger partial charge in [0.2, 0.25) is 5.91 Å². The van der Waals surface area contributed by atoms with Crippen molar-refractivity contribution in [2.45, 2.75) is 25.7 Å². The number of amides is 2. The minimum atomic E-state index is -0.0319. The van der Waals surface area contributed by atoms with Gasteiger partial charge >= 0.3 is 0 Å². The van der Waals surface area contributed by atoms with E-state index in [2.05, 4.69) is 17.4 Å². The van der Waals surface area contributed by atoms with Gasteiger partial charge in [0.15, 0.2) is 0 Å². The van der Waals surface area contributed by atoms with E-state index in [1.54, 1.807) is 4.90 Å². The van der Waals surface area contributed by atoms with Gasteiger partial charge in [-0.05, 0) is 47.7 Å². The highest BCUT2D eigenvalue weighted by molar-refractivity contribution is 8.26. The molecule has 172 valence electrons. The minimum Gasteiger partial charge on any atom is -0.326 e. The van der Waals surface area contributed by atoms with E-state index < -0.39 is 0 Å². The molecule has 6 heteroatoms. The molecule has 0 spiro atoms. The van der Waals surface area contributed by atoms with Gasteiger partial charge in [-0.25, -0.2) is 0 Å². The third-order valence-electron chi connectivity index (χ3n) is 5.53. The normalized spacial score (nSPS) is 14.6. The Balaban J connectivity index is 1.18. The van der Waals surface area contributed by atoms with Gasteiger partial charge in [-0.15, -0.1) is 0 Å². The number of hydrogen-bond acceptors (Lipinski definition) is 4. The molecule has 0 unspecified atom stereocenters. The van der Waals surface area contributed by atoms with Crippen molar-refractivity contribution in [3.8, 4) is 11.1 Å². The van der Waals surface area contributed by atoms with Gasteiger partial charge in [0.05, 0.1) is 4.91 Å². The van der Waals surface area contributed by atoms with Crippen molar-refractivity contribution in [1.82, 2.24) is 4.90 Å². The zero-order valence-electron chi connectivity index (χ0n) is 18.8. The summed E-state index contributed by atoms with van der Waals surface area (Å²) in [6, 6.07) is 27.8. The number of carbonyl (C=O) groups excluding carboxylic acids is 2. The Hall–Kier alpha value is -3.22. The van der Waals surface area contributed by atoms with Crippen molar-refractivity contribution in [3.05, 3.63) is 95.4 Å². The summed E-state index contributed by atoms with van der Waals surface area (Å²) in [7, 11) is 0. The van der Waals surface area contributed by atoms with Crippen molar-refractivity contribution >= 4 is 51.9 Å². The lowest BCUT2D eigenvalue weighted by Crippen LogP contribution is -2.29. The first-order valence-electron chi connectivity index (χ1n) is 11.4. The van der Waals surface area contributed by atoms with E-state index in [-0.39, 0.29) is 11.8 Å². The topological polar surface area (TPSA) is 49.4 Å². The van der Waals surface area contributed by atoms with Gasteiger partial charge in [-0.1, -0.05) is 103 Å². The number of benzene rings is 3. The molecule has 1 aliphatic heterocycles. The largest absolute Gasteiger partial charge is 0.326 e. The molecule has 0 aromatic heterocycles. The first-order valence-corrected chi connectivity index (χ1v) is 12.6. The average Bonchev–Trinajstić information content (AvgIpc) is 3.12. The summed E-state index contributed by atoms with van der Waals surface area (Å²) < 4.78 is 0.601. The van der Waals surface area contributed by atoms with E-state index in [0.717, 1.165) is 41.6 Å². The molecule has 4 nitrogen and oxygen atoms in total. The van der Waals surface area contributed by atoms with E-state index in [4.69, 9.17) is 12.2 Å². The zero-order valence-corrected chi connectivity index (χ0v) is 20.4. The predicted octanol–water partition coefficient (Wildman–Crippen LogP) is 6.75. The maximum atomic E-state index is 12.7. The lowest BCUT2D eigenvalue weighted by molar-refractivity contribution is -0.122. The van der Waals surface area contributed by atoms with Crippen LogP contribution in [0.4, 0.5) is 5.69 Å². The molecule has 0 atom stereocenters. The Morgan fingerprint density at radius 1 is 0.853 bits per heavy atom. The Morgan fingerprint density at radius 3 is 2.21 bits per heavy atom. The van der Waals surface area contributed by atoms with E-state index in [9.17, 15) is 9.59 Å². The van der Waals surface area contributed by atoms with E-state index in [1.165, 1.54) is 11.8 Å². The average molecular weight is 487 g/mol. The second kappa shape index (κ2) is 11.8. The predicted molar refractivity (Wildman–Crippen MR) is 145 cm³/mol. The molecule has 3 aromatic carbocycles. The smallest absolute Gasteiger partial charge is 0.266 e. The molecule has 1 saturated heterocycles. The van der Waals surface area contributed by atoms with Crippen LogP contribution >= 0.6 is 24.0 Å². The van der Waals surface area contributed by atoms with Crippen LogP contribution < -0.4 is 5.32 Å². The summed E-state index contributed by atoms with van der Waals surface area (Å²) in [5.41, 5.74) is 4.06. The highest BCUT2D eigenvalue weighted by Gasteiger charge is 2.31. The zero-order chi connectivity index (χ0) is 23.8. The molecule has 0 bridgehead atoms. The molecule has 4 rings (SSSR count). The molecule has 1 fully saturated rings. The van der Waals surface area contributed by atoms with Crippen molar-refractivity contribution in [2.75, 3.05) is 11.9 Å². The maximum Gasteiger partial charge on any atom is 0.266 e. The first-order chi connectivity index (χ1) is 16.6. The molecule has 1 N–H and O–H groups in total. The van der Waals surface area contributed by atoms with Crippen LogP contribution in [0.3, 0.4) is 0 Å². The number of nitrogens with one attached hydrogen (secondary N) is 1. The number of rotatable bonds is 9. The third-order valence-corrected chi connectivity index (χ3v) is 6.91. The summed E-state index contributed by atoms with van der Waals surface area (Å²) in [6.45, 7) is 0.583. The van der Waals surface area contributed by atoms with Crippen molar-refractivity contribution in [3.63, 3.8) is 0 Å². The van der Waals surface area contributed by atoms with Gasteiger partial charge in [0.25, 0.3) is 5.91 Å². The lowest BCUT2D eigenvalue weighted by Gasteiger charge is -2.14. The molecule has 3 aromatic rings. The highest BCUT2D eigenvalue weighted by atomic mass is 32.2. The fourth-order valence-electron chi connectivity index (χ4n) is 3.73. The van der Waals surface area contributed by atoms with E-state index >= 15 is 0 Å². The van der Waals surface area contributed by atoms with Gasteiger partial charge in [-0.3, -0.25) is 14.5 Å². The number of unbranched alkanes of at least 4 members (excludes halogenated alkanes) is 2. The Labute approximate surface area is 210 Å². The van der Waals surface area contributed by atoms with Gasteiger partial charge in [-0.2, -0.15) is 0 Å². The maximum absolute atomic E-state index is 12.7. The number of thioether (sulfide) groups is 1. The molecule has 0 aliphatic carbocycles. The summed E-state index contributed by atoms with van der Waals surface area (Å²) in [4.78, 5) is 27.3. The minimum absolute atomic E-state index is 0.00358. The Bertz CT molecular complexity index is 1180. The third kappa shape index (κ3) is 6.43. The molecular weight excluding hydrogens is 460 g/mol. The van der Waals surface area contributed by atoms with Crippen LogP contribution in [0.5, 0.6) is 0 Å². The van der Waals surface area contributed by atoms with Gasteiger partial charge in [0.1, 0.15) is 4.32 Å². The SMILES string of the molecule is O=C(CCCCCN1C(=O)/C(=C/c2ccccc2)SC1=S)Nc1ccc(-c2ccccc2)cc1. The number of thiocarbonyl (C=S) groups is 1. The van der Waals surface area contributed by atoms with Crippen LogP contribution in [0, 0.1) is 0 Å². The molecule has 2 amide bonds. The molecule has 1 aliphatic rings. The van der Waals surface area contributed by atoms with Crippen LogP contribution in [0.2, 0.25) is 0 Å². The summed E-state index contributed by atoms with van der Waals surface area (Å²) >= 11 is 6.76. The van der Waals surface area contributed by atoms with Gasteiger partial charge < -0.3 is 5.32 Å². The molecule has 1 heterocycles. The van der Waals surface area contributed by atoms with Crippen LogP contribution in [-0.4, -0.2) is 27.6 Å². The molecule has 34 heavy (non-hydrogen) atoms. The van der Waals surface area contributed by atoms with Crippen LogP contribution in [0.25, 0.3) is 17.2 Å². The highest BCUT2D eigenvalue weighted by Crippen LogP contribution is 2.32. The van der Waals surface area contributed by atoms with Crippen LogP contribution in [0.15, 0.2) is 89.8 Å². The van der Waals surface area contributed by atoms with E-state index in [1.807, 2.05) is 78.9 Å². The fourth-order valence-corrected chi connectivity index (χ4v) is 5.03. The monoisotopic (exact) mass is 486 g/mol. The Morgan fingerprint density at radius 2 is 1.50 bits per heavy atom. The second-order valence-corrected chi connectivity index (χ2v) is 9.72. The first kappa shape index (κ1) is 23.9. The van der Waals surface area contributed by atoms with Crippen molar-refractivity contribution in [2.24, 2.45) is 0 Å². The standard InChI is InChI=1S/C28H26N2O2S2/c31-26(29-24-17-15-23(16-18-24)22-12-6-2-7-13-22)14-8-3-9-19-30-27(32)25(34-28(30)33)20-21-10-4-1-5-11-21/h1-2,4-7,10-13,15-18,20H,3,8-9,14,19H2,(H,29,31)/b25-20-. The van der Waals surface area contributed by atoms with Gasteiger partial charge in [0, 0.05) is 18.7 Å². The quantitative estimate of drug-likeness (QED) is 0.206. The molecular formula is C28H26N2O2S2. The summed E-state index contributed by atoms with van der Waals surface area (Å²) in [5, 5.41) is 2.96. The fraction of sp³-hybridized carbons (Fsp3) is 0.179. The van der Waals surface area contributed by atoms with Crippen molar-refractivity contribution in [1.29, 1.82) is 0 Å². The lowest BCUT2D eigenvalue weighted by atomic mass is 10.1. The number of hydrogen-bond donors (Lipinski definition) is 1. The number of anilines is 1. The van der Waals surface area contributed by atoms with E-state index in [0.29, 0.717) is 22.2 Å². The molecule has 0 saturated carbocycles.